The van der Waals surface area contributed by atoms with E-state index in [2.05, 4.69) is 80.7 Å². The van der Waals surface area contributed by atoms with Crippen LogP contribution in [0.5, 0.6) is 11.5 Å². The van der Waals surface area contributed by atoms with Gasteiger partial charge in [-0.1, -0.05) is 48.5 Å². The fraction of sp³-hybridized carbons (Fsp3) is 0.429. The van der Waals surface area contributed by atoms with Gasteiger partial charge in [-0.3, -0.25) is 29.4 Å². The number of piperazine rings is 1. The number of phenolic OH excluding ortho intramolecular Hbond substituents is 1. The van der Waals surface area contributed by atoms with Crippen molar-refractivity contribution in [3.8, 4) is 11.5 Å². The second kappa shape index (κ2) is 15.9. The number of nitrogens with zero attached hydrogens (tertiary/aromatic N) is 5. The first kappa shape index (κ1) is 39.3. The van der Waals surface area contributed by atoms with Crippen molar-refractivity contribution < 1.29 is 29.0 Å². The highest BCUT2D eigenvalue weighted by Gasteiger charge is 2.46. The number of anilines is 2. The first-order valence-electron chi connectivity index (χ1n) is 22.0. The highest BCUT2D eigenvalue weighted by Crippen LogP contribution is 2.48. The van der Waals surface area contributed by atoms with Crippen LogP contribution >= 0.6 is 0 Å². The van der Waals surface area contributed by atoms with Gasteiger partial charge >= 0.3 is 0 Å². The largest absolute Gasteiger partial charge is 0.508 e. The predicted molar refractivity (Wildman–Crippen MR) is 232 cm³/mol. The average Bonchev–Trinajstić information content (AvgIpc) is 3.27. The van der Waals surface area contributed by atoms with Crippen molar-refractivity contribution in [3.63, 3.8) is 0 Å². The fourth-order valence-electron chi connectivity index (χ4n) is 11.0. The van der Waals surface area contributed by atoms with E-state index in [1.54, 1.807) is 19.2 Å². The molecule has 12 nitrogen and oxygen atoms in total. The molecule has 4 amide bonds. The van der Waals surface area contributed by atoms with Crippen LogP contribution < -0.4 is 19.9 Å². The Hall–Kier alpha value is -5.88. The molecule has 4 atom stereocenters. The molecule has 4 aromatic carbocycles. The summed E-state index contributed by atoms with van der Waals surface area (Å²) in [6.45, 7) is 6.69. The van der Waals surface area contributed by atoms with Gasteiger partial charge in [0.15, 0.2) is 0 Å². The zero-order valence-corrected chi connectivity index (χ0v) is 34.8. The number of likely N-dealkylation sites (N-methyl/N-ethyl adjacent to an activating group) is 1. The maximum absolute atomic E-state index is 13.7. The summed E-state index contributed by atoms with van der Waals surface area (Å²) in [5.74, 6) is 0.683. The second-order valence-electron chi connectivity index (χ2n) is 18.2. The number of carbonyl (C=O) groups is 4. The molecule has 0 saturated carbocycles. The zero-order valence-electron chi connectivity index (χ0n) is 34.8. The smallest absolute Gasteiger partial charge is 0.254 e. The molecular weight excluding hydrogens is 769 g/mol. The molecule has 2 N–H and O–H groups in total. The third-order valence-electron chi connectivity index (χ3n) is 14.5. The molecule has 0 aromatic heterocycles. The summed E-state index contributed by atoms with van der Waals surface area (Å²) in [5.41, 5.74) is 8.15. The monoisotopic (exact) mass is 822 g/mol. The van der Waals surface area contributed by atoms with Crippen LogP contribution in [0.15, 0.2) is 91.0 Å². The number of benzene rings is 4. The van der Waals surface area contributed by atoms with Gasteiger partial charge < -0.3 is 29.4 Å². The lowest BCUT2D eigenvalue weighted by Gasteiger charge is -2.55. The number of hydrogen-bond acceptors (Lipinski definition) is 9. The van der Waals surface area contributed by atoms with Gasteiger partial charge in [-0.2, -0.15) is 0 Å². The number of rotatable bonds is 7. The number of carbonyl (C=O) groups excluding carboxylic acids is 4. The quantitative estimate of drug-likeness (QED) is 0.244. The lowest BCUT2D eigenvalue weighted by Crippen LogP contribution is -2.62. The molecule has 4 aromatic rings. The molecule has 61 heavy (non-hydrogen) atoms. The number of nitrogens with one attached hydrogen (secondary N) is 1. The van der Waals surface area contributed by atoms with Gasteiger partial charge in [-0.25, -0.2) is 0 Å². The Balaban J connectivity index is 0.709. The van der Waals surface area contributed by atoms with Crippen LogP contribution in [-0.4, -0.2) is 122 Å². The molecule has 0 radical (unpaired) electrons. The van der Waals surface area contributed by atoms with Crippen molar-refractivity contribution in [1.29, 1.82) is 0 Å². The minimum Gasteiger partial charge on any atom is -0.508 e. The Kier molecular flexibility index (Phi) is 10.2. The summed E-state index contributed by atoms with van der Waals surface area (Å²) in [6.07, 6.45) is 4.70. The topological polar surface area (TPSA) is 126 Å². The molecule has 10 rings (SSSR count). The zero-order chi connectivity index (χ0) is 41.8. The molecule has 6 aliphatic rings. The van der Waals surface area contributed by atoms with E-state index >= 15 is 0 Å². The third kappa shape index (κ3) is 7.49. The fourth-order valence-corrected chi connectivity index (χ4v) is 11.0. The minimum absolute atomic E-state index is 0.0239. The number of phenols is 1. The number of imide groups is 1. The number of ether oxygens (including phenoxy) is 1. The van der Waals surface area contributed by atoms with E-state index in [4.69, 9.17) is 4.74 Å². The number of aromatic hydroxyl groups is 1. The predicted octanol–water partition coefficient (Wildman–Crippen LogP) is 5.14. The van der Waals surface area contributed by atoms with E-state index in [9.17, 15) is 24.3 Å². The summed E-state index contributed by atoms with van der Waals surface area (Å²) >= 11 is 0. The van der Waals surface area contributed by atoms with E-state index < -0.39 is 11.9 Å². The van der Waals surface area contributed by atoms with Crippen molar-refractivity contribution >= 4 is 35.0 Å². The molecule has 5 heterocycles. The Morgan fingerprint density at radius 3 is 2.43 bits per heavy atom. The van der Waals surface area contributed by atoms with Gasteiger partial charge in [0.2, 0.25) is 17.7 Å². The second-order valence-corrected chi connectivity index (χ2v) is 18.2. The number of piperidine rings is 2. The van der Waals surface area contributed by atoms with Crippen LogP contribution in [0.1, 0.15) is 76.6 Å². The summed E-state index contributed by atoms with van der Waals surface area (Å²) < 4.78 is 6.18. The third-order valence-corrected chi connectivity index (χ3v) is 14.5. The number of hydrogen-bond donors (Lipinski definition) is 2. The maximum atomic E-state index is 13.7. The molecule has 5 aliphatic heterocycles. The van der Waals surface area contributed by atoms with Crippen LogP contribution in [0.4, 0.5) is 11.4 Å². The average molecular weight is 823 g/mol. The van der Waals surface area contributed by atoms with Crippen molar-refractivity contribution in [1.82, 2.24) is 20.0 Å². The summed E-state index contributed by atoms with van der Waals surface area (Å²) in [7, 11) is 1.59. The first-order chi connectivity index (χ1) is 29.6. The lowest BCUT2D eigenvalue weighted by atomic mass is 9.69. The van der Waals surface area contributed by atoms with Crippen LogP contribution in [0.3, 0.4) is 0 Å². The van der Waals surface area contributed by atoms with Crippen molar-refractivity contribution in [2.45, 2.75) is 62.4 Å². The molecule has 316 valence electrons. The molecule has 12 heteroatoms. The van der Waals surface area contributed by atoms with Crippen LogP contribution in [0.25, 0.3) is 0 Å². The standard InChI is InChI=1S/C49H54N6O6/c1-51(42-17-18-44(57)50-47(42)59)48(60)35-10-16-41-43(26-35)61-29-37-27-53(23-24-55(37)41)45(58)28-52-21-19-49(20-22-52)30-54(31-49)36-11-7-33(8-12-36)46-39(32-5-3-2-4-6-32)14-9-34-25-38(56)13-15-40(34)46/h2-8,10-13,15-16,25-26,37,39,42,46,56H,9,14,17-24,27-31H2,1H3,(H,50,57,59)/t37-,39+,42?,46-/m1/s1. The van der Waals surface area contributed by atoms with Crippen molar-refractivity contribution in [2.75, 3.05) is 75.8 Å². The van der Waals surface area contributed by atoms with Crippen LogP contribution in [0, 0.1) is 5.41 Å². The Morgan fingerprint density at radius 2 is 1.66 bits per heavy atom. The Bertz CT molecular complexity index is 2340. The number of likely N-dealkylation sites (tertiary alicyclic amines) is 1. The number of amides is 4. The summed E-state index contributed by atoms with van der Waals surface area (Å²) in [6, 6.07) is 30.7. The van der Waals surface area contributed by atoms with Crippen LogP contribution in [0.2, 0.25) is 0 Å². The molecule has 1 spiro atoms. The lowest BCUT2D eigenvalue weighted by molar-refractivity contribution is -0.136. The maximum Gasteiger partial charge on any atom is 0.254 e. The van der Waals surface area contributed by atoms with Gasteiger partial charge in [-0.05, 0) is 116 Å². The number of aryl methyl sites for hydroxylation is 1. The molecule has 1 unspecified atom stereocenters. The first-order valence-corrected chi connectivity index (χ1v) is 22.0. The summed E-state index contributed by atoms with van der Waals surface area (Å²) in [5, 5.41) is 12.6. The van der Waals surface area contributed by atoms with Crippen molar-refractivity contribution in [2.24, 2.45) is 5.41 Å². The molecule has 4 saturated heterocycles. The minimum atomic E-state index is -0.694. The van der Waals surface area contributed by atoms with E-state index in [0.717, 1.165) is 57.5 Å². The summed E-state index contributed by atoms with van der Waals surface area (Å²) in [4.78, 5) is 61.5. The highest BCUT2D eigenvalue weighted by molar-refractivity contribution is 6.04. The van der Waals surface area contributed by atoms with E-state index in [0.29, 0.717) is 67.6 Å². The van der Waals surface area contributed by atoms with Gasteiger partial charge in [0.05, 0.1) is 18.3 Å². The Morgan fingerprint density at radius 1 is 0.869 bits per heavy atom. The molecule has 1 aliphatic carbocycles. The van der Waals surface area contributed by atoms with E-state index in [1.807, 2.05) is 23.1 Å². The molecule has 4 fully saturated rings. The van der Waals surface area contributed by atoms with Gasteiger partial charge in [0.1, 0.15) is 24.1 Å². The van der Waals surface area contributed by atoms with E-state index in [1.165, 1.54) is 32.8 Å². The van der Waals surface area contributed by atoms with Gasteiger partial charge in [0.25, 0.3) is 5.91 Å². The molecule has 0 bridgehead atoms. The molecular formula is C49H54N6O6. The highest BCUT2D eigenvalue weighted by atomic mass is 16.5. The number of fused-ring (bicyclic) bond motifs is 4. The van der Waals surface area contributed by atoms with E-state index in [-0.39, 0.29) is 36.1 Å². The SMILES string of the molecule is CN(C(=O)c1ccc2c(c1)OC[C@H]1CN(C(=O)CN3CCC4(CC3)CN(c3ccc([C@H]5c6ccc(O)cc6CC[C@H]5c5ccccc5)cc3)C4)CCN21)C1CCC(=O)NC1=O. The van der Waals surface area contributed by atoms with Crippen LogP contribution in [-0.2, 0) is 20.8 Å². The Labute approximate surface area is 357 Å². The van der Waals surface area contributed by atoms with Crippen molar-refractivity contribution in [3.05, 3.63) is 119 Å². The van der Waals surface area contributed by atoms with Gasteiger partial charge in [0, 0.05) is 68.8 Å². The van der Waals surface area contributed by atoms with Gasteiger partial charge in [-0.15, -0.1) is 0 Å². The normalized spacial score (nSPS) is 24.4.